The van der Waals surface area contributed by atoms with Gasteiger partial charge in [0.25, 0.3) is 0 Å². The molecule has 0 fully saturated rings. The van der Waals surface area contributed by atoms with Crippen LogP contribution < -0.4 is 5.32 Å². The van der Waals surface area contributed by atoms with Crippen molar-refractivity contribution < 1.29 is 4.74 Å². The van der Waals surface area contributed by atoms with Crippen LogP contribution in [-0.4, -0.2) is 19.8 Å². The minimum absolute atomic E-state index is 0.315. The van der Waals surface area contributed by atoms with Crippen LogP contribution >= 0.6 is 0 Å². The molecule has 1 unspecified atom stereocenters. The smallest absolute Gasteiger partial charge is 0.0661 e. The van der Waals surface area contributed by atoms with Crippen molar-refractivity contribution in [1.82, 2.24) is 5.32 Å². The molecule has 1 atom stereocenters. The highest BCUT2D eigenvalue weighted by Gasteiger charge is 2.09. The van der Waals surface area contributed by atoms with Crippen LogP contribution in [0.1, 0.15) is 45.2 Å². The molecule has 1 rings (SSSR count). The minimum Gasteiger partial charge on any atom is -0.379 e. The van der Waals surface area contributed by atoms with Crippen LogP contribution in [0.3, 0.4) is 0 Å². The third-order valence-electron chi connectivity index (χ3n) is 3.01. The molecule has 0 radical (unpaired) electrons. The van der Waals surface area contributed by atoms with Gasteiger partial charge in [0.2, 0.25) is 0 Å². The van der Waals surface area contributed by atoms with E-state index in [1.54, 1.807) is 0 Å². The van der Waals surface area contributed by atoms with Crippen molar-refractivity contribution in [3.05, 3.63) is 35.9 Å². The summed E-state index contributed by atoms with van der Waals surface area (Å²) in [5.41, 5.74) is 1.31. The molecule has 18 heavy (non-hydrogen) atoms. The van der Waals surface area contributed by atoms with Crippen molar-refractivity contribution in [2.75, 3.05) is 19.8 Å². The van der Waals surface area contributed by atoms with E-state index in [0.717, 1.165) is 32.1 Å². The maximum atomic E-state index is 5.79. The van der Waals surface area contributed by atoms with Crippen molar-refractivity contribution in [2.24, 2.45) is 5.92 Å². The molecule has 0 aliphatic heterocycles. The fourth-order valence-electron chi connectivity index (χ4n) is 2.00. The van der Waals surface area contributed by atoms with Gasteiger partial charge in [-0.05, 0) is 30.9 Å². The topological polar surface area (TPSA) is 21.3 Å². The Hall–Kier alpha value is -0.860. The van der Waals surface area contributed by atoms with E-state index in [-0.39, 0.29) is 0 Å². The summed E-state index contributed by atoms with van der Waals surface area (Å²) >= 11 is 0. The van der Waals surface area contributed by atoms with Gasteiger partial charge in [0.1, 0.15) is 0 Å². The molecule has 0 bridgehead atoms. The normalized spacial score (nSPS) is 12.9. The zero-order chi connectivity index (χ0) is 13.2. The molecular weight excluding hydrogens is 222 g/mol. The van der Waals surface area contributed by atoms with Gasteiger partial charge in [0, 0.05) is 6.61 Å². The van der Waals surface area contributed by atoms with E-state index in [4.69, 9.17) is 4.74 Å². The van der Waals surface area contributed by atoms with E-state index in [9.17, 15) is 0 Å². The summed E-state index contributed by atoms with van der Waals surface area (Å²) < 4.78 is 5.79. The van der Waals surface area contributed by atoms with E-state index in [0.29, 0.717) is 6.04 Å². The Bertz CT molecular complexity index is 297. The summed E-state index contributed by atoms with van der Waals surface area (Å²) in [5, 5.41) is 3.47. The molecule has 0 aliphatic carbocycles. The van der Waals surface area contributed by atoms with Gasteiger partial charge < -0.3 is 10.1 Å². The maximum Gasteiger partial charge on any atom is 0.0661 e. The number of nitrogens with one attached hydrogen (secondary N) is 1. The third-order valence-corrected chi connectivity index (χ3v) is 3.01. The molecule has 0 heterocycles. The highest BCUT2D eigenvalue weighted by Crippen LogP contribution is 2.13. The van der Waals surface area contributed by atoms with Crippen molar-refractivity contribution in [2.45, 2.75) is 39.7 Å². The third kappa shape index (κ3) is 6.18. The van der Waals surface area contributed by atoms with E-state index in [1.807, 2.05) is 0 Å². The standard InChI is InChI=1S/C16H27NO/c1-4-17-16(15-10-6-5-7-11-15)13-18-12-8-9-14(2)3/h5-7,10-11,14,16-17H,4,8-9,12-13H2,1-3H3. The minimum atomic E-state index is 0.315. The second-order valence-electron chi connectivity index (χ2n) is 5.13. The summed E-state index contributed by atoms with van der Waals surface area (Å²) in [6, 6.07) is 10.8. The maximum absolute atomic E-state index is 5.79. The lowest BCUT2D eigenvalue weighted by Gasteiger charge is -2.18. The first-order valence-electron chi connectivity index (χ1n) is 7.10. The number of ether oxygens (including phenoxy) is 1. The van der Waals surface area contributed by atoms with E-state index >= 15 is 0 Å². The van der Waals surface area contributed by atoms with Crippen molar-refractivity contribution in [1.29, 1.82) is 0 Å². The number of likely N-dealkylation sites (N-methyl/N-ethyl adjacent to an activating group) is 1. The van der Waals surface area contributed by atoms with Crippen molar-refractivity contribution in [3.8, 4) is 0 Å². The zero-order valence-electron chi connectivity index (χ0n) is 12.0. The Morgan fingerprint density at radius 3 is 2.50 bits per heavy atom. The second-order valence-corrected chi connectivity index (χ2v) is 5.13. The number of rotatable bonds is 9. The molecule has 1 N–H and O–H groups in total. The van der Waals surface area contributed by atoms with Crippen LogP contribution in [0.5, 0.6) is 0 Å². The fourth-order valence-corrected chi connectivity index (χ4v) is 2.00. The van der Waals surface area contributed by atoms with Crippen LogP contribution in [0.4, 0.5) is 0 Å². The molecular formula is C16H27NO. The largest absolute Gasteiger partial charge is 0.379 e. The average Bonchev–Trinajstić information content (AvgIpc) is 2.38. The van der Waals surface area contributed by atoms with Crippen LogP contribution in [-0.2, 0) is 4.74 Å². The lowest BCUT2D eigenvalue weighted by molar-refractivity contribution is 0.106. The Morgan fingerprint density at radius 1 is 1.17 bits per heavy atom. The monoisotopic (exact) mass is 249 g/mol. The SMILES string of the molecule is CCNC(COCCCC(C)C)c1ccccc1. The lowest BCUT2D eigenvalue weighted by Crippen LogP contribution is -2.25. The predicted octanol–water partition coefficient (Wildman–Crippen LogP) is 3.79. The summed E-state index contributed by atoms with van der Waals surface area (Å²) in [5.74, 6) is 0.771. The molecule has 0 amide bonds. The van der Waals surface area contributed by atoms with E-state index < -0.39 is 0 Å². The van der Waals surface area contributed by atoms with Crippen molar-refractivity contribution in [3.63, 3.8) is 0 Å². The van der Waals surface area contributed by atoms with Crippen LogP contribution in [0.15, 0.2) is 30.3 Å². The van der Waals surface area contributed by atoms with Gasteiger partial charge in [0.15, 0.2) is 0 Å². The van der Waals surface area contributed by atoms with Gasteiger partial charge >= 0.3 is 0 Å². The summed E-state index contributed by atoms with van der Waals surface area (Å²) in [7, 11) is 0. The highest BCUT2D eigenvalue weighted by molar-refractivity contribution is 5.18. The summed E-state index contributed by atoms with van der Waals surface area (Å²) in [6.07, 6.45) is 2.41. The molecule has 0 saturated heterocycles. The number of hydrogen-bond donors (Lipinski definition) is 1. The Morgan fingerprint density at radius 2 is 1.89 bits per heavy atom. The fraction of sp³-hybridized carbons (Fsp3) is 0.625. The lowest BCUT2D eigenvalue weighted by atomic mass is 10.1. The molecule has 0 aromatic heterocycles. The van der Waals surface area contributed by atoms with E-state index in [1.165, 1.54) is 12.0 Å². The van der Waals surface area contributed by atoms with Crippen LogP contribution in [0.25, 0.3) is 0 Å². The quantitative estimate of drug-likeness (QED) is 0.672. The Balaban J connectivity index is 2.31. The molecule has 2 heteroatoms. The zero-order valence-corrected chi connectivity index (χ0v) is 12.0. The first-order valence-corrected chi connectivity index (χ1v) is 7.10. The second kappa shape index (κ2) is 9.12. The van der Waals surface area contributed by atoms with Gasteiger partial charge in [-0.15, -0.1) is 0 Å². The van der Waals surface area contributed by atoms with Gasteiger partial charge in [0.05, 0.1) is 12.6 Å². The van der Waals surface area contributed by atoms with Crippen LogP contribution in [0.2, 0.25) is 0 Å². The molecule has 1 aromatic carbocycles. The van der Waals surface area contributed by atoms with Crippen LogP contribution in [0, 0.1) is 5.92 Å². The summed E-state index contributed by atoms with van der Waals surface area (Å²) in [4.78, 5) is 0. The molecule has 2 nitrogen and oxygen atoms in total. The Kier molecular flexibility index (Phi) is 7.70. The first-order chi connectivity index (χ1) is 8.74. The first kappa shape index (κ1) is 15.2. The average molecular weight is 249 g/mol. The summed E-state index contributed by atoms with van der Waals surface area (Å²) in [6.45, 7) is 9.24. The molecule has 1 aromatic rings. The molecule has 0 saturated carbocycles. The molecule has 0 aliphatic rings. The Labute approximate surface area is 112 Å². The van der Waals surface area contributed by atoms with Gasteiger partial charge in [-0.1, -0.05) is 51.1 Å². The number of benzene rings is 1. The molecule has 0 spiro atoms. The van der Waals surface area contributed by atoms with Gasteiger partial charge in [-0.25, -0.2) is 0 Å². The highest BCUT2D eigenvalue weighted by atomic mass is 16.5. The number of hydrogen-bond acceptors (Lipinski definition) is 2. The van der Waals surface area contributed by atoms with Gasteiger partial charge in [-0.3, -0.25) is 0 Å². The van der Waals surface area contributed by atoms with Gasteiger partial charge in [-0.2, -0.15) is 0 Å². The molecule has 102 valence electrons. The predicted molar refractivity (Wildman–Crippen MR) is 77.8 cm³/mol. The van der Waals surface area contributed by atoms with Crippen molar-refractivity contribution >= 4 is 0 Å². The van der Waals surface area contributed by atoms with E-state index in [2.05, 4.69) is 56.4 Å².